The number of benzene rings is 1. The zero-order valence-corrected chi connectivity index (χ0v) is 16.8. The zero-order chi connectivity index (χ0) is 23.0. The summed E-state index contributed by atoms with van der Waals surface area (Å²) in [6.07, 6.45) is -0.249. The highest BCUT2D eigenvalue weighted by Crippen LogP contribution is 2.53. The van der Waals surface area contributed by atoms with Gasteiger partial charge in [0.15, 0.2) is 23.0 Å². The molecule has 0 heterocycles. The summed E-state index contributed by atoms with van der Waals surface area (Å²) in [5.41, 5.74) is 1.88. The number of amides is 1. The fraction of sp³-hybridized carbons (Fsp3) is 0.381. The van der Waals surface area contributed by atoms with Crippen molar-refractivity contribution in [2.24, 2.45) is 17.6 Å². The molecule has 164 valence electrons. The third kappa shape index (κ3) is 2.61. The van der Waals surface area contributed by atoms with Gasteiger partial charge < -0.3 is 31.1 Å². The number of aromatic hydroxyl groups is 1. The number of halogens is 1. The summed E-state index contributed by atoms with van der Waals surface area (Å²) in [6.45, 7) is 0. The van der Waals surface area contributed by atoms with Gasteiger partial charge in [-0.2, -0.15) is 0 Å². The molecule has 6 N–H and O–H groups in total. The maximum Gasteiger partial charge on any atom is 0.255 e. The Kier molecular flexibility index (Phi) is 4.40. The summed E-state index contributed by atoms with van der Waals surface area (Å²) in [5.74, 6) is -8.60. The monoisotopic (exact) mass is 432 g/mol. The zero-order valence-electron chi connectivity index (χ0n) is 16.8. The second-order valence-electron chi connectivity index (χ2n) is 8.38. The largest absolute Gasteiger partial charge is 0.508 e. The highest BCUT2D eigenvalue weighted by atomic mass is 19.1. The summed E-state index contributed by atoms with van der Waals surface area (Å²) in [7, 11) is 3.31. The first-order chi connectivity index (χ1) is 14.4. The van der Waals surface area contributed by atoms with Gasteiger partial charge in [-0.1, -0.05) is 0 Å². The molecule has 0 bridgehead atoms. The Balaban J connectivity index is 1.97. The van der Waals surface area contributed by atoms with E-state index in [0.717, 1.165) is 6.07 Å². The maximum absolute atomic E-state index is 14.3. The molecule has 4 rings (SSSR count). The van der Waals surface area contributed by atoms with Crippen molar-refractivity contribution in [1.82, 2.24) is 0 Å². The van der Waals surface area contributed by atoms with Crippen LogP contribution in [0.15, 0.2) is 23.0 Å². The number of phenolic OH excluding ortho intramolecular Hbond substituents is 1. The summed E-state index contributed by atoms with van der Waals surface area (Å²) in [4.78, 5) is 38.8. The molecular formula is C21H21FN2O7. The number of phenols is 1. The lowest BCUT2D eigenvalue weighted by atomic mass is 9.59. The van der Waals surface area contributed by atoms with E-state index in [1.807, 2.05) is 0 Å². The number of carbonyl (C=O) groups excluding carboxylic acids is 3. The number of hydrogen-bond acceptors (Lipinski definition) is 8. The minimum Gasteiger partial charge on any atom is -0.508 e. The molecule has 0 spiro atoms. The van der Waals surface area contributed by atoms with Gasteiger partial charge in [0, 0.05) is 43.8 Å². The number of fused-ring (bicyclic) bond motifs is 3. The number of nitrogens with zero attached hydrogens (tertiary/aromatic N) is 1. The van der Waals surface area contributed by atoms with Gasteiger partial charge in [-0.3, -0.25) is 14.4 Å². The van der Waals surface area contributed by atoms with Crippen LogP contribution in [0.3, 0.4) is 0 Å². The van der Waals surface area contributed by atoms with Crippen molar-refractivity contribution in [1.29, 1.82) is 0 Å². The van der Waals surface area contributed by atoms with Crippen LogP contribution in [-0.2, 0) is 20.8 Å². The molecule has 1 aromatic rings. The van der Waals surface area contributed by atoms with E-state index in [2.05, 4.69) is 0 Å². The summed E-state index contributed by atoms with van der Waals surface area (Å²) >= 11 is 0. The van der Waals surface area contributed by atoms with Crippen molar-refractivity contribution in [2.75, 3.05) is 19.0 Å². The van der Waals surface area contributed by atoms with Crippen LogP contribution in [0.2, 0.25) is 0 Å². The Bertz CT molecular complexity index is 1140. The molecule has 1 amide bonds. The minimum absolute atomic E-state index is 0.0217. The number of aliphatic hydroxyl groups excluding tert-OH is 2. The number of carbonyl (C=O) groups is 3. The lowest BCUT2D eigenvalue weighted by molar-refractivity contribution is -0.147. The van der Waals surface area contributed by atoms with Crippen LogP contribution in [0, 0.1) is 17.7 Å². The quantitative estimate of drug-likeness (QED) is 0.425. The summed E-state index contributed by atoms with van der Waals surface area (Å²) < 4.78 is 14.3. The number of ketones is 2. The van der Waals surface area contributed by atoms with Gasteiger partial charge >= 0.3 is 0 Å². The van der Waals surface area contributed by atoms with Gasteiger partial charge in [0.05, 0.1) is 5.56 Å². The summed E-state index contributed by atoms with van der Waals surface area (Å²) in [5, 5.41) is 42.8. The van der Waals surface area contributed by atoms with E-state index in [4.69, 9.17) is 5.73 Å². The van der Waals surface area contributed by atoms with Crippen LogP contribution in [-0.4, -0.2) is 57.6 Å². The Morgan fingerprint density at radius 1 is 1.23 bits per heavy atom. The molecule has 10 heteroatoms. The Hall–Kier alpha value is -3.40. The fourth-order valence-corrected chi connectivity index (χ4v) is 5.04. The molecular weight excluding hydrogens is 411 g/mol. The average Bonchev–Trinajstić information content (AvgIpc) is 2.66. The smallest absolute Gasteiger partial charge is 0.255 e. The van der Waals surface area contributed by atoms with Gasteiger partial charge in [0.2, 0.25) is 5.78 Å². The van der Waals surface area contributed by atoms with Crippen LogP contribution in [0.5, 0.6) is 5.75 Å². The highest BCUT2D eigenvalue weighted by Gasteiger charge is 2.60. The van der Waals surface area contributed by atoms with Crippen molar-refractivity contribution < 1.29 is 39.2 Å². The third-order valence-electron chi connectivity index (χ3n) is 6.48. The topological polar surface area (TPSA) is 161 Å². The minimum atomic E-state index is -2.64. The van der Waals surface area contributed by atoms with Gasteiger partial charge in [-0.05, 0) is 24.3 Å². The number of rotatable bonds is 2. The van der Waals surface area contributed by atoms with Crippen LogP contribution < -0.4 is 10.6 Å². The summed E-state index contributed by atoms with van der Waals surface area (Å²) in [6, 6.07) is 1.12. The van der Waals surface area contributed by atoms with Crippen molar-refractivity contribution in [3.05, 3.63) is 39.9 Å². The molecule has 31 heavy (non-hydrogen) atoms. The third-order valence-corrected chi connectivity index (χ3v) is 6.48. The molecule has 0 unspecified atom stereocenters. The molecule has 3 atom stereocenters. The van der Waals surface area contributed by atoms with E-state index in [1.54, 1.807) is 19.0 Å². The second kappa shape index (κ2) is 6.55. The normalized spacial score (nSPS) is 27.6. The molecule has 0 aromatic heterocycles. The molecule has 3 aliphatic carbocycles. The van der Waals surface area contributed by atoms with Crippen molar-refractivity contribution in [2.45, 2.75) is 24.9 Å². The van der Waals surface area contributed by atoms with E-state index < -0.39 is 70.0 Å². The first-order valence-electron chi connectivity index (χ1n) is 9.60. The van der Waals surface area contributed by atoms with E-state index in [0.29, 0.717) is 11.3 Å². The van der Waals surface area contributed by atoms with E-state index in [9.17, 15) is 39.2 Å². The van der Waals surface area contributed by atoms with Crippen LogP contribution in [0.1, 0.15) is 24.0 Å². The van der Waals surface area contributed by atoms with Gasteiger partial charge in [0.25, 0.3) is 5.91 Å². The standard InChI is InChI=1S/C21H21FN2O7/c1-24(2)11-6-10(22)16(26)14-9(11)4-7-3-8-5-12(25)15(20(23)30)19(29)21(8,31)18(28)13(7)17(14)27/h6-8,26-27,29,31H,3-5H2,1-2H3,(H2,23,30)/t7-,8+,21+/m1/s1. The predicted octanol–water partition coefficient (Wildman–Crippen LogP) is 0.629. The van der Waals surface area contributed by atoms with Gasteiger partial charge in [0.1, 0.15) is 17.1 Å². The van der Waals surface area contributed by atoms with Crippen molar-refractivity contribution >= 4 is 28.9 Å². The molecule has 3 aliphatic rings. The van der Waals surface area contributed by atoms with Crippen molar-refractivity contribution in [3.63, 3.8) is 0 Å². The maximum atomic E-state index is 14.3. The van der Waals surface area contributed by atoms with Crippen LogP contribution >= 0.6 is 0 Å². The molecule has 1 aromatic carbocycles. The molecule has 1 saturated carbocycles. The number of nitrogens with two attached hydrogens (primary N) is 1. The van der Waals surface area contributed by atoms with E-state index in [1.165, 1.54) is 0 Å². The number of anilines is 1. The Morgan fingerprint density at radius 2 is 1.87 bits per heavy atom. The van der Waals surface area contributed by atoms with E-state index >= 15 is 0 Å². The molecule has 0 aliphatic heterocycles. The lowest BCUT2D eigenvalue weighted by Crippen LogP contribution is -2.58. The Morgan fingerprint density at radius 3 is 2.45 bits per heavy atom. The van der Waals surface area contributed by atoms with Gasteiger partial charge in [-0.15, -0.1) is 0 Å². The number of hydrogen-bond donors (Lipinski definition) is 5. The first-order valence-corrected chi connectivity index (χ1v) is 9.60. The lowest BCUT2D eigenvalue weighted by Gasteiger charge is -2.46. The first kappa shape index (κ1) is 20.9. The second-order valence-corrected chi connectivity index (χ2v) is 8.38. The molecule has 0 saturated heterocycles. The van der Waals surface area contributed by atoms with E-state index in [-0.39, 0.29) is 24.0 Å². The number of primary amides is 1. The fourth-order valence-electron chi connectivity index (χ4n) is 5.04. The predicted molar refractivity (Wildman–Crippen MR) is 106 cm³/mol. The highest BCUT2D eigenvalue weighted by molar-refractivity contribution is 6.22. The average molecular weight is 432 g/mol. The van der Waals surface area contributed by atoms with Crippen LogP contribution in [0.25, 0.3) is 5.76 Å². The Labute approximate surface area is 175 Å². The van der Waals surface area contributed by atoms with Crippen molar-refractivity contribution in [3.8, 4) is 5.75 Å². The van der Waals surface area contributed by atoms with Gasteiger partial charge in [-0.25, -0.2) is 4.39 Å². The number of aliphatic hydroxyl groups is 3. The van der Waals surface area contributed by atoms with Crippen LogP contribution in [0.4, 0.5) is 10.1 Å². The number of Topliss-reactive ketones (excluding diaryl/α,β-unsaturated/α-hetero) is 2. The molecule has 9 nitrogen and oxygen atoms in total. The molecule has 1 fully saturated rings. The SMILES string of the molecule is CN(C)c1cc(F)c(O)c2c1C[C@H]1C[C@H]3CC(=O)C(C(N)=O)=C(O)[C@@]3(O)C(=O)C1=C2O. The molecule has 0 radical (unpaired) electrons.